The molecule has 1 aromatic heterocycles. The molecule has 6 nitrogen and oxygen atoms in total. The number of rotatable bonds is 6. The van der Waals surface area contributed by atoms with Gasteiger partial charge < -0.3 is 9.84 Å². The fraction of sp³-hybridized carbons (Fsp3) is 0.400. The second-order valence-electron chi connectivity index (χ2n) is 4.75. The van der Waals surface area contributed by atoms with Crippen LogP contribution in [0.3, 0.4) is 0 Å². The smallest absolute Gasteiger partial charge is 0.358 e. The number of carboxylic acids is 1. The first-order valence-electron chi connectivity index (χ1n) is 6.95. The summed E-state index contributed by atoms with van der Waals surface area (Å²) in [7, 11) is 1.60. The molecule has 1 heterocycles. The predicted octanol–water partition coefficient (Wildman–Crippen LogP) is 2.88. The van der Waals surface area contributed by atoms with Gasteiger partial charge in [0.05, 0.1) is 18.5 Å². The second-order valence-corrected chi connectivity index (χ2v) is 4.75. The van der Waals surface area contributed by atoms with Crippen LogP contribution in [0, 0.1) is 0 Å². The van der Waals surface area contributed by atoms with Crippen LogP contribution in [-0.2, 0) is 0 Å². The molecule has 0 aliphatic carbocycles. The highest BCUT2D eigenvalue weighted by Crippen LogP contribution is 2.28. The predicted molar refractivity (Wildman–Crippen MR) is 78.2 cm³/mol. The molecular weight excluding hydrogens is 270 g/mol. The number of hydrogen-bond donors (Lipinski definition) is 1. The maximum Gasteiger partial charge on any atom is 0.358 e. The Morgan fingerprint density at radius 1 is 1.29 bits per heavy atom. The molecule has 0 saturated carbocycles. The number of aromatic carboxylic acids is 1. The van der Waals surface area contributed by atoms with Gasteiger partial charge in [-0.15, -0.1) is 5.10 Å². The van der Waals surface area contributed by atoms with E-state index in [4.69, 9.17) is 4.74 Å². The van der Waals surface area contributed by atoms with Crippen molar-refractivity contribution in [2.24, 2.45) is 0 Å². The standard InChI is InChI=1S/C15H19N3O3/c1-4-10(5-2)14-13(15(19)20)16-17-18(14)11-6-8-12(21-3)9-7-11/h6-10H,4-5H2,1-3H3,(H,19,20). The summed E-state index contributed by atoms with van der Waals surface area (Å²) in [4.78, 5) is 11.4. The molecule has 0 saturated heterocycles. The van der Waals surface area contributed by atoms with Gasteiger partial charge in [0.15, 0.2) is 5.69 Å². The maximum atomic E-state index is 11.4. The van der Waals surface area contributed by atoms with Crippen LogP contribution in [0.1, 0.15) is 48.8 Å². The van der Waals surface area contributed by atoms with Gasteiger partial charge in [-0.1, -0.05) is 19.1 Å². The SMILES string of the molecule is CCC(CC)c1c(C(=O)O)nnn1-c1ccc(OC)cc1. The molecule has 0 aliphatic heterocycles. The normalized spacial score (nSPS) is 10.9. The van der Waals surface area contributed by atoms with E-state index in [0.29, 0.717) is 5.69 Å². The molecule has 21 heavy (non-hydrogen) atoms. The Morgan fingerprint density at radius 2 is 1.90 bits per heavy atom. The van der Waals surface area contributed by atoms with Gasteiger partial charge in [0.25, 0.3) is 0 Å². The zero-order chi connectivity index (χ0) is 15.4. The van der Waals surface area contributed by atoms with Gasteiger partial charge in [-0.2, -0.15) is 0 Å². The largest absolute Gasteiger partial charge is 0.497 e. The number of carbonyl (C=O) groups is 1. The summed E-state index contributed by atoms with van der Waals surface area (Å²) in [5, 5.41) is 17.2. The van der Waals surface area contributed by atoms with Crippen LogP contribution in [-0.4, -0.2) is 33.2 Å². The molecule has 2 rings (SSSR count). The highest BCUT2D eigenvalue weighted by molar-refractivity contribution is 5.86. The number of aromatic nitrogens is 3. The highest BCUT2D eigenvalue weighted by atomic mass is 16.5. The summed E-state index contributed by atoms with van der Waals surface area (Å²) in [5.41, 5.74) is 1.45. The lowest BCUT2D eigenvalue weighted by Crippen LogP contribution is -2.11. The molecule has 0 fully saturated rings. The number of methoxy groups -OCH3 is 1. The van der Waals surface area contributed by atoms with E-state index in [1.54, 1.807) is 11.8 Å². The molecule has 1 aromatic carbocycles. The van der Waals surface area contributed by atoms with E-state index < -0.39 is 5.97 Å². The van der Waals surface area contributed by atoms with Gasteiger partial charge in [-0.25, -0.2) is 9.48 Å². The summed E-state index contributed by atoms with van der Waals surface area (Å²) in [6.45, 7) is 4.07. The number of carboxylic acid groups (broad SMARTS) is 1. The third-order valence-corrected chi connectivity index (χ3v) is 3.60. The molecule has 0 bridgehead atoms. The van der Waals surface area contributed by atoms with Crippen molar-refractivity contribution in [3.8, 4) is 11.4 Å². The van der Waals surface area contributed by atoms with E-state index in [1.165, 1.54) is 0 Å². The summed E-state index contributed by atoms with van der Waals surface area (Å²) in [5.74, 6) is -0.203. The number of benzene rings is 1. The average molecular weight is 289 g/mol. The molecule has 0 radical (unpaired) electrons. The minimum Gasteiger partial charge on any atom is -0.497 e. The van der Waals surface area contributed by atoms with Crippen LogP contribution < -0.4 is 4.74 Å². The third kappa shape index (κ3) is 2.89. The van der Waals surface area contributed by atoms with Crippen LogP contribution in [0.25, 0.3) is 5.69 Å². The average Bonchev–Trinajstić information content (AvgIpc) is 2.94. The minimum absolute atomic E-state index is 0.0273. The summed E-state index contributed by atoms with van der Waals surface area (Å²) in [6, 6.07) is 7.30. The molecule has 0 spiro atoms. The van der Waals surface area contributed by atoms with Crippen molar-refractivity contribution < 1.29 is 14.6 Å². The van der Waals surface area contributed by atoms with Gasteiger partial charge in [0, 0.05) is 5.92 Å². The first-order chi connectivity index (χ1) is 10.1. The van der Waals surface area contributed by atoms with Crippen LogP contribution in [0.5, 0.6) is 5.75 Å². The fourth-order valence-electron chi connectivity index (χ4n) is 2.40. The van der Waals surface area contributed by atoms with Crippen LogP contribution >= 0.6 is 0 Å². The summed E-state index contributed by atoms with van der Waals surface area (Å²) < 4.78 is 6.74. The Morgan fingerprint density at radius 3 is 2.38 bits per heavy atom. The lowest BCUT2D eigenvalue weighted by Gasteiger charge is -2.15. The molecular formula is C15H19N3O3. The highest BCUT2D eigenvalue weighted by Gasteiger charge is 2.25. The van der Waals surface area contributed by atoms with E-state index >= 15 is 0 Å². The van der Waals surface area contributed by atoms with Gasteiger partial charge in [-0.05, 0) is 37.1 Å². The van der Waals surface area contributed by atoms with E-state index in [1.807, 2.05) is 38.1 Å². The zero-order valence-corrected chi connectivity index (χ0v) is 12.4. The Kier molecular flexibility index (Phi) is 4.57. The fourth-order valence-corrected chi connectivity index (χ4v) is 2.40. The van der Waals surface area contributed by atoms with Crippen LogP contribution in [0.4, 0.5) is 0 Å². The first-order valence-corrected chi connectivity index (χ1v) is 6.95. The minimum atomic E-state index is -1.04. The van der Waals surface area contributed by atoms with Crippen molar-refractivity contribution in [2.45, 2.75) is 32.6 Å². The molecule has 0 unspecified atom stereocenters. The molecule has 2 aromatic rings. The van der Waals surface area contributed by atoms with E-state index in [9.17, 15) is 9.90 Å². The van der Waals surface area contributed by atoms with E-state index in [2.05, 4.69) is 10.3 Å². The Hall–Kier alpha value is -2.37. The van der Waals surface area contributed by atoms with Crippen molar-refractivity contribution in [3.05, 3.63) is 35.7 Å². The van der Waals surface area contributed by atoms with E-state index in [0.717, 1.165) is 24.3 Å². The third-order valence-electron chi connectivity index (χ3n) is 3.60. The van der Waals surface area contributed by atoms with Crippen LogP contribution in [0.15, 0.2) is 24.3 Å². The zero-order valence-electron chi connectivity index (χ0n) is 12.4. The van der Waals surface area contributed by atoms with E-state index in [-0.39, 0.29) is 11.6 Å². The van der Waals surface area contributed by atoms with Crippen molar-refractivity contribution in [3.63, 3.8) is 0 Å². The molecule has 0 atom stereocenters. The van der Waals surface area contributed by atoms with Crippen molar-refractivity contribution >= 4 is 5.97 Å². The lowest BCUT2D eigenvalue weighted by atomic mass is 9.97. The summed E-state index contributed by atoms with van der Waals surface area (Å²) in [6.07, 6.45) is 1.67. The number of ether oxygens (including phenoxy) is 1. The number of hydrogen-bond acceptors (Lipinski definition) is 4. The quantitative estimate of drug-likeness (QED) is 0.884. The van der Waals surface area contributed by atoms with Crippen molar-refractivity contribution in [1.82, 2.24) is 15.0 Å². The van der Waals surface area contributed by atoms with Gasteiger partial charge in [0.2, 0.25) is 0 Å². The Balaban J connectivity index is 2.54. The van der Waals surface area contributed by atoms with Gasteiger partial charge in [0.1, 0.15) is 5.75 Å². The van der Waals surface area contributed by atoms with Crippen molar-refractivity contribution in [2.75, 3.05) is 7.11 Å². The topological polar surface area (TPSA) is 77.2 Å². The summed E-state index contributed by atoms with van der Waals surface area (Å²) >= 11 is 0. The maximum absolute atomic E-state index is 11.4. The number of nitrogens with zero attached hydrogens (tertiary/aromatic N) is 3. The monoisotopic (exact) mass is 289 g/mol. The molecule has 6 heteroatoms. The first kappa shape index (κ1) is 15.0. The van der Waals surface area contributed by atoms with Gasteiger partial charge >= 0.3 is 5.97 Å². The second kappa shape index (κ2) is 6.39. The molecule has 0 amide bonds. The Labute approximate surface area is 123 Å². The lowest BCUT2D eigenvalue weighted by molar-refractivity contribution is 0.0688. The van der Waals surface area contributed by atoms with Crippen LogP contribution in [0.2, 0.25) is 0 Å². The van der Waals surface area contributed by atoms with Crippen molar-refractivity contribution in [1.29, 1.82) is 0 Å². The Bertz CT molecular complexity index is 616. The van der Waals surface area contributed by atoms with Gasteiger partial charge in [-0.3, -0.25) is 0 Å². The molecule has 1 N–H and O–H groups in total. The molecule has 0 aliphatic rings. The molecule has 112 valence electrons.